The molecular formula is C17H34S. The van der Waals surface area contributed by atoms with E-state index in [0.29, 0.717) is 0 Å². The summed E-state index contributed by atoms with van der Waals surface area (Å²) in [7, 11) is -0.763. The van der Waals surface area contributed by atoms with Gasteiger partial charge in [0.25, 0.3) is 0 Å². The highest BCUT2D eigenvalue weighted by atomic mass is 32.2. The van der Waals surface area contributed by atoms with Crippen LogP contribution >= 0.6 is 9.21 Å². The summed E-state index contributed by atoms with van der Waals surface area (Å²) in [6.07, 6.45) is 10.8. The van der Waals surface area contributed by atoms with Gasteiger partial charge in [-0.1, -0.05) is 58.1 Å². The molecule has 0 radical (unpaired) electrons. The van der Waals surface area contributed by atoms with Gasteiger partial charge in [-0.3, -0.25) is 0 Å². The Balaban J connectivity index is 4.71. The summed E-state index contributed by atoms with van der Waals surface area (Å²) >= 11 is 0. The summed E-state index contributed by atoms with van der Waals surface area (Å²) < 4.78 is 0. The lowest BCUT2D eigenvalue weighted by Crippen LogP contribution is -2.16. The quantitative estimate of drug-likeness (QED) is 0.433. The molecule has 0 aromatic rings. The van der Waals surface area contributed by atoms with Crippen LogP contribution in [0, 0.1) is 17.8 Å². The van der Waals surface area contributed by atoms with Gasteiger partial charge in [0.1, 0.15) is 0 Å². The molecule has 0 rings (SSSR count). The van der Waals surface area contributed by atoms with Crippen LogP contribution in [-0.4, -0.2) is 23.7 Å². The van der Waals surface area contributed by atoms with Crippen molar-refractivity contribution >= 4 is 20.4 Å². The molecule has 0 fully saturated rings. The molecule has 0 bridgehead atoms. The largest absolute Gasteiger partial charge is 0.213 e. The molecule has 0 aromatic carbocycles. The van der Waals surface area contributed by atoms with Crippen molar-refractivity contribution in [2.75, 3.05) is 12.5 Å². The van der Waals surface area contributed by atoms with Crippen LogP contribution in [0.1, 0.15) is 53.9 Å². The first-order valence-electron chi connectivity index (χ1n) is 7.25. The van der Waals surface area contributed by atoms with Crippen LogP contribution in [0.25, 0.3) is 0 Å². The first kappa shape index (κ1) is 17.8. The van der Waals surface area contributed by atoms with Crippen LogP contribution in [0.3, 0.4) is 0 Å². The topological polar surface area (TPSA) is 0 Å². The Kier molecular flexibility index (Phi) is 8.02. The lowest BCUT2D eigenvalue weighted by Gasteiger charge is -2.26. The van der Waals surface area contributed by atoms with Crippen molar-refractivity contribution in [1.29, 1.82) is 0 Å². The zero-order chi connectivity index (χ0) is 14.3. The number of hydrogen-bond donors (Lipinski definition) is 0. The van der Waals surface area contributed by atoms with Crippen LogP contribution < -0.4 is 0 Å². The predicted octanol–water partition coefficient (Wildman–Crippen LogP) is 5.33. The highest BCUT2D eigenvalue weighted by Gasteiger charge is 2.18. The third kappa shape index (κ3) is 8.02. The molecule has 0 aromatic heterocycles. The van der Waals surface area contributed by atoms with Crippen LogP contribution in [-0.2, 0) is 0 Å². The normalized spacial score (nSPS) is 16.8. The van der Waals surface area contributed by atoms with Gasteiger partial charge >= 0.3 is 0 Å². The zero-order valence-corrected chi connectivity index (χ0v) is 14.4. The van der Waals surface area contributed by atoms with Gasteiger partial charge in [-0.2, -0.15) is 0 Å². The van der Waals surface area contributed by atoms with E-state index in [2.05, 4.69) is 64.4 Å². The fourth-order valence-corrected chi connectivity index (χ4v) is 3.50. The van der Waals surface area contributed by atoms with Gasteiger partial charge in [0.2, 0.25) is 0 Å². The van der Waals surface area contributed by atoms with E-state index in [1.165, 1.54) is 24.8 Å². The highest BCUT2D eigenvalue weighted by molar-refractivity contribution is 8.27. The third-order valence-corrected chi connectivity index (χ3v) is 4.71. The van der Waals surface area contributed by atoms with Crippen LogP contribution in [0.5, 0.6) is 0 Å². The van der Waals surface area contributed by atoms with Crippen molar-refractivity contribution in [2.45, 2.75) is 53.9 Å². The van der Waals surface area contributed by atoms with Gasteiger partial charge in [0, 0.05) is 0 Å². The second-order valence-corrected chi connectivity index (χ2v) is 10.1. The second-order valence-electron chi connectivity index (χ2n) is 6.58. The highest BCUT2D eigenvalue weighted by Crippen LogP contribution is 2.28. The maximum absolute atomic E-state index is 4.22. The molecule has 2 atom stereocenters. The first-order valence-corrected chi connectivity index (χ1v) is 9.93. The van der Waals surface area contributed by atoms with Crippen molar-refractivity contribution in [3.05, 3.63) is 11.6 Å². The summed E-state index contributed by atoms with van der Waals surface area (Å²) in [5.41, 5.74) is 1.42. The molecule has 2 unspecified atom stereocenters. The average Bonchev–Trinajstić information content (AvgIpc) is 2.20. The standard InChI is InChI=1S/C17H34S/c1-9-10-17(16(5)14(2)3)12-11-15(4)13-18(6,7)8/h11,13-14,16-17H,6,9-10,12H2,1-5,7-8H3. The smallest absolute Gasteiger partial charge is 0.0283 e. The van der Waals surface area contributed by atoms with E-state index in [1.807, 2.05) is 0 Å². The Labute approximate surface area is 116 Å². The molecule has 0 aliphatic rings. The Hall–Kier alpha value is -0.170. The number of hydrogen-bond acceptors (Lipinski definition) is 0. The van der Waals surface area contributed by atoms with E-state index in [-0.39, 0.29) is 0 Å². The molecule has 0 aliphatic heterocycles. The van der Waals surface area contributed by atoms with Crippen LogP contribution in [0.15, 0.2) is 11.6 Å². The van der Waals surface area contributed by atoms with Gasteiger partial charge in [0.15, 0.2) is 0 Å². The van der Waals surface area contributed by atoms with Crippen LogP contribution in [0.4, 0.5) is 0 Å². The van der Waals surface area contributed by atoms with Crippen molar-refractivity contribution < 1.29 is 0 Å². The van der Waals surface area contributed by atoms with E-state index < -0.39 is 9.21 Å². The molecule has 0 nitrogen and oxygen atoms in total. The number of allylic oxidation sites excluding steroid dienone is 2. The summed E-state index contributed by atoms with van der Waals surface area (Å²) in [6, 6.07) is 0. The Bertz CT molecular complexity index is 357. The van der Waals surface area contributed by atoms with Gasteiger partial charge in [-0.25, -0.2) is 9.21 Å². The van der Waals surface area contributed by atoms with Crippen molar-refractivity contribution in [1.82, 2.24) is 0 Å². The third-order valence-electron chi connectivity index (χ3n) is 3.70. The SMILES string of the molecule is C=S(C)(C)=CC(C)=CCC(CCC)C(C)C(C)C. The molecule has 0 heterocycles. The van der Waals surface area contributed by atoms with E-state index in [9.17, 15) is 0 Å². The lowest BCUT2D eigenvalue weighted by atomic mass is 9.80. The predicted molar refractivity (Wildman–Crippen MR) is 93.4 cm³/mol. The zero-order valence-electron chi connectivity index (χ0n) is 13.6. The molecule has 0 saturated heterocycles. The Morgan fingerprint density at radius 3 is 2.17 bits per heavy atom. The molecule has 108 valence electrons. The van der Waals surface area contributed by atoms with Crippen LogP contribution in [0.2, 0.25) is 0 Å². The molecular weight excluding hydrogens is 236 g/mol. The fraction of sp³-hybridized carbons (Fsp3) is 0.765. The van der Waals surface area contributed by atoms with Crippen molar-refractivity contribution in [2.24, 2.45) is 17.8 Å². The molecule has 0 aliphatic carbocycles. The number of rotatable bonds is 7. The van der Waals surface area contributed by atoms with E-state index in [0.717, 1.165) is 17.8 Å². The summed E-state index contributed by atoms with van der Waals surface area (Å²) in [5, 5.41) is 2.36. The van der Waals surface area contributed by atoms with Gasteiger partial charge < -0.3 is 0 Å². The fourth-order valence-electron chi connectivity index (χ4n) is 2.40. The minimum atomic E-state index is -0.763. The second kappa shape index (κ2) is 8.09. The Morgan fingerprint density at radius 2 is 1.78 bits per heavy atom. The minimum Gasteiger partial charge on any atom is -0.213 e. The van der Waals surface area contributed by atoms with E-state index in [1.54, 1.807) is 0 Å². The molecule has 0 amide bonds. The minimum absolute atomic E-state index is 0.763. The maximum Gasteiger partial charge on any atom is -0.0283 e. The van der Waals surface area contributed by atoms with E-state index in [4.69, 9.17) is 0 Å². The molecule has 0 saturated carbocycles. The molecule has 18 heavy (non-hydrogen) atoms. The Morgan fingerprint density at radius 1 is 1.22 bits per heavy atom. The summed E-state index contributed by atoms with van der Waals surface area (Å²) in [4.78, 5) is 0. The molecule has 1 heteroatoms. The lowest BCUT2D eigenvalue weighted by molar-refractivity contribution is 0.262. The molecule has 0 N–H and O–H groups in total. The first-order chi connectivity index (χ1) is 8.17. The average molecular weight is 271 g/mol. The van der Waals surface area contributed by atoms with Gasteiger partial charge in [-0.05, 0) is 49.0 Å². The van der Waals surface area contributed by atoms with Crippen molar-refractivity contribution in [3.8, 4) is 0 Å². The maximum atomic E-state index is 4.22. The van der Waals surface area contributed by atoms with Crippen molar-refractivity contribution in [3.63, 3.8) is 0 Å². The summed E-state index contributed by atoms with van der Waals surface area (Å²) in [6.45, 7) is 11.6. The summed E-state index contributed by atoms with van der Waals surface area (Å²) in [5.74, 6) is 6.66. The van der Waals surface area contributed by atoms with E-state index >= 15 is 0 Å². The van der Waals surface area contributed by atoms with Gasteiger partial charge in [0.05, 0.1) is 0 Å². The van der Waals surface area contributed by atoms with Gasteiger partial charge in [-0.15, -0.1) is 0 Å². The monoisotopic (exact) mass is 270 g/mol. The molecule has 0 spiro atoms.